The third kappa shape index (κ3) is 60.4. The Bertz CT molecular complexity index is 1220. The lowest BCUT2D eigenvalue weighted by Crippen LogP contribution is -2.30. The van der Waals surface area contributed by atoms with Crippen LogP contribution >= 0.6 is 0 Å². The number of hydrogen-bond donors (Lipinski definition) is 0. The number of unbranched alkanes of at least 4 members (excludes halogenated alkanes) is 43. The third-order valence-corrected chi connectivity index (χ3v) is 14.6. The molecule has 6 nitrogen and oxygen atoms in total. The van der Waals surface area contributed by atoms with E-state index in [0.29, 0.717) is 19.3 Å². The van der Waals surface area contributed by atoms with Crippen LogP contribution < -0.4 is 0 Å². The highest BCUT2D eigenvalue weighted by molar-refractivity contribution is 5.71. The van der Waals surface area contributed by atoms with E-state index >= 15 is 0 Å². The Labute approximate surface area is 455 Å². The van der Waals surface area contributed by atoms with Crippen LogP contribution in [0.3, 0.4) is 0 Å². The first-order valence-corrected chi connectivity index (χ1v) is 32.5. The zero-order chi connectivity index (χ0) is 52.9. The Morgan fingerprint density at radius 2 is 0.452 bits per heavy atom. The molecule has 0 aliphatic heterocycles. The van der Waals surface area contributed by atoms with Gasteiger partial charge in [0.1, 0.15) is 13.2 Å². The number of carbonyl (C=O) groups excluding carboxylic acids is 3. The molecule has 0 aromatic heterocycles. The lowest BCUT2D eigenvalue weighted by atomic mass is 10.0. The van der Waals surface area contributed by atoms with Gasteiger partial charge in [-0.2, -0.15) is 0 Å². The second kappa shape index (κ2) is 62.2. The van der Waals surface area contributed by atoms with Gasteiger partial charge in [-0.25, -0.2) is 0 Å². The summed E-state index contributed by atoms with van der Waals surface area (Å²) in [6.45, 7) is 6.68. The maximum Gasteiger partial charge on any atom is 0.306 e. The van der Waals surface area contributed by atoms with Crippen LogP contribution in [0.1, 0.15) is 355 Å². The van der Waals surface area contributed by atoms with Crippen LogP contribution in [0.4, 0.5) is 0 Å². The lowest BCUT2D eigenvalue weighted by Gasteiger charge is -2.18. The summed E-state index contributed by atoms with van der Waals surface area (Å²) in [5.74, 6) is -0.871. The number of rotatable bonds is 60. The second-order valence-corrected chi connectivity index (χ2v) is 22.0. The van der Waals surface area contributed by atoms with E-state index in [2.05, 4.69) is 57.2 Å². The zero-order valence-corrected chi connectivity index (χ0v) is 49.2. The normalized spacial score (nSPS) is 12.2. The lowest BCUT2D eigenvalue weighted by molar-refractivity contribution is -0.167. The summed E-state index contributed by atoms with van der Waals surface area (Å²) in [4.78, 5) is 38.3. The first kappa shape index (κ1) is 70.6. The van der Waals surface area contributed by atoms with Gasteiger partial charge in [-0.05, 0) is 96.3 Å². The average molecular weight is 1030 g/mol. The van der Waals surface area contributed by atoms with Crippen LogP contribution in [0.5, 0.6) is 0 Å². The fourth-order valence-corrected chi connectivity index (χ4v) is 9.67. The van der Waals surface area contributed by atoms with Crippen molar-refractivity contribution in [1.82, 2.24) is 0 Å². The quantitative estimate of drug-likeness (QED) is 0.0261. The summed E-state index contributed by atoms with van der Waals surface area (Å²) < 4.78 is 16.9. The Kier molecular flexibility index (Phi) is 60.2. The average Bonchev–Trinajstić information content (AvgIpc) is 3.39. The van der Waals surface area contributed by atoms with Crippen molar-refractivity contribution in [3.63, 3.8) is 0 Å². The molecule has 0 aliphatic rings. The molecule has 0 rings (SSSR count). The fraction of sp³-hybridized carbons (Fsp3) is 0.866. The second-order valence-electron chi connectivity index (χ2n) is 22.0. The fourth-order valence-electron chi connectivity index (χ4n) is 9.67. The molecule has 0 heterocycles. The monoisotopic (exact) mass is 1020 g/mol. The van der Waals surface area contributed by atoms with Crippen LogP contribution in [0.25, 0.3) is 0 Å². The number of ether oxygens (including phenoxy) is 3. The van der Waals surface area contributed by atoms with Crippen molar-refractivity contribution in [3.8, 4) is 0 Å². The highest BCUT2D eigenvalue weighted by atomic mass is 16.6. The van der Waals surface area contributed by atoms with Gasteiger partial charge in [-0.1, -0.05) is 276 Å². The molecule has 73 heavy (non-hydrogen) atoms. The zero-order valence-electron chi connectivity index (χ0n) is 49.2. The van der Waals surface area contributed by atoms with Crippen LogP contribution in [0.15, 0.2) is 36.5 Å². The molecule has 0 aromatic carbocycles. The summed E-state index contributed by atoms with van der Waals surface area (Å²) in [5.41, 5.74) is 0. The molecule has 0 radical (unpaired) electrons. The highest BCUT2D eigenvalue weighted by Gasteiger charge is 2.19. The van der Waals surface area contributed by atoms with E-state index in [9.17, 15) is 14.4 Å². The smallest absolute Gasteiger partial charge is 0.306 e. The van der Waals surface area contributed by atoms with Gasteiger partial charge in [-0.3, -0.25) is 14.4 Å². The molecular weight excluding hydrogens is 901 g/mol. The van der Waals surface area contributed by atoms with Gasteiger partial charge in [-0.15, -0.1) is 0 Å². The topological polar surface area (TPSA) is 78.9 Å². The Morgan fingerprint density at radius 3 is 0.685 bits per heavy atom. The molecule has 6 heteroatoms. The van der Waals surface area contributed by atoms with Crippen LogP contribution in [-0.4, -0.2) is 37.2 Å². The van der Waals surface area contributed by atoms with Crippen molar-refractivity contribution in [2.24, 2.45) is 0 Å². The summed E-state index contributed by atoms with van der Waals surface area (Å²) in [7, 11) is 0. The van der Waals surface area contributed by atoms with Gasteiger partial charge >= 0.3 is 17.9 Å². The third-order valence-electron chi connectivity index (χ3n) is 14.6. The molecule has 0 bridgehead atoms. The predicted octanol–water partition coefficient (Wildman–Crippen LogP) is 22.0. The van der Waals surface area contributed by atoms with Gasteiger partial charge in [0.2, 0.25) is 0 Å². The van der Waals surface area contributed by atoms with Gasteiger partial charge in [0.15, 0.2) is 6.10 Å². The Morgan fingerprint density at radius 1 is 0.260 bits per heavy atom. The molecule has 0 N–H and O–H groups in total. The van der Waals surface area contributed by atoms with Gasteiger partial charge in [0.05, 0.1) is 0 Å². The SMILES string of the molecule is CCCCCCCCC/C=C\CCCCCCCC(=O)OCC(COC(=O)CCCCCCCCCCCCC/C=C\CCCCCCCCCC)OC(=O)CCCCCCC/C=C\CCCCCCCCC. The van der Waals surface area contributed by atoms with E-state index in [0.717, 1.165) is 70.6 Å². The summed E-state index contributed by atoms with van der Waals surface area (Å²) in [6, 6.07) is 0. The maximum atomic E-state index is 12.9. The van der Waals surface area contributed by atoms with E-state index in [1.807, 2.05) is 0 Å². The molecule has 0 spiro atoms. The standard InChI is InChI=1S/C67H124O6/c1-4-7-10-13-16-19-22-25-28-31-32-33-34-35-36-37-40-42-45-48-51-54-57-60-66(69)72-63-64(73-67(70)61-58-55-52-49-46-43-39-30-27-24-21-18-15-12-9-6-3)62-71-65(68)59-56-53-50-47-44-41-38-29-26-23-20-17-14-11-8-5-2/h29-32,38-39,64H,4-28,33-37,40-63H2,1-3H3/b32-31-,38-29-,39-30-. The van der Waals surface area contributed by atoms with E-state index in [1.165, 1.54) is 244 Å². The van der Waals surface area contributed by atoms with Crippen molar-refractivity contribution in [2.45, 2.75) is 361 Å². The molecule has 0 aromatic rings. The molecule has 1 unspecified atom stereocenters. The van der Waals surface area contributed by atoms with Crippen molar-refractivity contribution in [1.29, 1.82) is 0 Å². The van der Waals surface area contributed by atoms with Crippen LogP contribution in [-0.2, 0) is 28.6 Å². The Hall–Kier alpha value is -2.37. The number of carbonyl (C=O) groups is 3. The summed E-state index contributed by atoms with van der Waals surface area (Å²) in [5, 5.41) is 0. The molecule has 0 saturated heterocycles. The summed E-state index contributed by atoms with van der Waals surface area (Å²) in [6.07, 6.45) is 75.8. The van der Waals surface area contributed by atoms with Gasteiger partial charge in [0.25, 0.3) is 0 Å². The van der Waals surface area contributed by atoms with E-state index in [4.69, 9.17) is 14.2 Å². The van der Waals surface area contributed by atoms with Crippen molar-refractivity contribution in [2.75, 3.05) is 13.2 Å². The molecular formula is C67H124O6. The van der Waals surface area contributed by atoms with Crippen LogP contribution in [0, 0.1) is 0 Å². The van der Waals surface area contributed by atoms with Crippen LogP contribution in [0.2, 0.25) is 0 Å². The van der Waals surface area contributed by atoms with Gasteiger partial charge < -0.3 is 14.2 Å². The molecule has 0 saturated carbocycles. The van der Waals surface area contributed by atoms with E-state index in [-0.39, 0.29) is 31.1 Å². The van der Waals surface area contributed by atoms with Crippen molar-refractivity contribution < 1.29 is 28.6 Å². The van der Waals surface area contributed by atoms with Crippen molar-refractivity contribution >= 4 is 17.9 Å². The van der Waals surface area contributed by atoms with Crippen molar-refractivity contribution in [3.05, 3.63) is 36.5 Å². The van der Waals surface area contributed by atoms with E-state index in [1.54, 1.807) is 0 Å². The first-order chi connectivity index (χ1) is 36.0. The Balaban J connectivity index is 4.31. The molecule has 0 aliphatic carbocycles. The first-order valence-electron chi connectivity index (χ1n) is 32.5. The van der Waals surface area contributed by atoms with E-state index < -0.39 is 6.10 Å². The minimum Gasteiger partial charge on any atom is -0.462 e. The largest absolute Gasteiger partial charge is 0.462 e. The molecule has 0 amide bonds. The molecule has 1 atom stereocenters. The maximum absolute atomic E-state index is 12.9. The number of esters is 3. The van der Waals surface area contributed by atoms with Gasteiger partial charge in [0, 0.05) is 19.3 Å². The molecule has 0 fully saturated rings. The highest BCUT2D eigenvalue weighted by Crippen LogP contribution is 2.17. The predicted molar refractivity (Wildman–Crippen MR) is 316 cm³/mol. The molecule has 428 valence electrons. The minimum absolute atomic E-state index is 0.0755. The number of allylic oxidation sites excluding steroid dienone is 6. The minimum atomic E-state index is -0.779. The number of hydrogen-bond acceptors (Lipinski definition) is 6. The summed E-state index contributed by atoms with van der Waals surface area (Å²) >= 11 is 0.